The predicted molar refractivity (Wildman–Crippen MR) is 66.8 cm³/mol. The van der Waals surface area contributed by atoms with Gasteiger partial charge in [0.15, 0.2) is 5.78 Å². The van der Waals surface area contributed by atoms with E-state index in [2.05, 4.69) is 0 Å². The van der Waals surface area contributed by atoms with Crippen LogP contribution < -0.4 is 9.47 Å². The summed E-state index contributed by atoms with van der Waals surface area (Å²) in [4.78, 5) is 24.3. The van der Waals surface area contributed by atoms with E-state index < -0.39 is 5.78 Å². The Hall–Kier alpha value is -1.81. The third-order valence-electron chi connectivity index (χ3n) is 2.89. The van der Waals surface area contributed by atoms with Gasteiger partial charge in [-0.3, -0.25) is 9.59 Å². The normalized spacial score (nSPS) is 14.7. The largest absolute Gasteiger partial charge is 0.496 e. The molecule has 1 aromatic carbocycles. The topological polar surface area (TPSA) is 52.6 Å². The van der Waals surface area contributed by atoms with Gasteiger partial charge in [-0.1, -0.05) is 11.6 Å². The second kappa shape index (κ2) is 4.46. The Kier molecular flexibility index (Phi) is 3.13. The van der Waals surface area contributed by atoms with Crippen molar-refractivity contribution in [1.29, 1.82) is 0 Å². The Morgan fingerprint density at radius 3 is 1.83 bits per heavy atom. The number of methoxy groups -OCH3 is 2. The average Bonchev–Trinajstić information content (AvgIpc) is 2.40. The van der Waals surface area contributed by atoms with Crippen molar-refractivity contribution < 1.29 is 19.1 Å². The summed E-state index contributed by atoms with van der Waals surface area (Å²) in [5, 5.41) is -0.0703. The maximum Gasteiger partial charge on any atom is 0.209 e. The summed E-state index contributed by atoms with van der Waals surface area (Å²) in [7, 11) is 2.87. The second-order valence-corrected chi connectivity index (χ2v) is 4.20. The van der Waals surface area contributed by atoms with Crippen LogP contribution in [0.25, 0.3) is 0 Å². The molecule has 94 valence electrons. The Morgan fingerprint density at radius 1 is 0.944 bits per heavy atom. The van der Waals surface area contributed by atoms with E-state index in [-0.39, 0.29) is 27.5 Å². The molecular weight excluding hydrogens is 256 g/mol. The highest BCUT2D eigenvalue weighted by Crippen LogP contribution is 2.38. The number of hydrogen-bond acceptors (Lipinski definition) is 4. The van der Waals surface area contributed by atoms with Crippen LogP contribution in [-0.2, 0) is 0 Å². The number of carbonyl (C=O) groups excluding carboxylic acids is 2. The molecule has 0 saturated heterocycles. The molecule has 4 nitrogen and oxygen atoms in total. The first-order valence-electron chi connectivity index (χ1n) is 5.23. The number of hydrogen-bond donors (Lipinski definition) is 0. The molecule has 0 unspecified atom stereocenters. The van der Waals surface area contributed by atoms with Crippen molar-refractivity contribution in [3.8, 4) is 11.5 Å². The zero-order chi connectivity index (χ0) is 13.4. The van der Waals surface area contributed by atoms with E-state index in [4.69, 9.17) is 21.1 Å². The van der Waals surface area contributed by atoms with Gasteiger partial charge in [0.25, 0.3) is 0 Å². The predicted octanol–water partition coefficient (Wildman–Crippen LogP) is 2.60. The number of Topliss-reactive ketones (excluding diaryl/α,β-unsaturated/α-hetero) is 2. The van der Waals surface area contributed by atoms with Crippen molar-refractivity contribution in [2.45, 2.75) is 6.92 Å². The van der Waals surface area contributed by atoms with Crippen LogP contribution in [-0.4, -0.2) is 25.8 Å². The van der Waals surface area contributed by atoms with Crippen LogP contribution in [0.4, 0.5) is 0 Å². The van der Waals surface area contributed by atoms with Gasteiger partial charge in [-0.25, -0.2) is 0 Å². The molecule has 0 amide bonds. The van der Waals surface area contributed by atoms with E-state index in [1.807, 2.05) is 0 Å². The van der Waals surface area contributed by atoms with E-state index in [1.54, 1.807) is 12.1 Å². The number of benzene rings is 1. The van der Waals surface area contributed by atoms with Crippen molar-refractivity contribution in [3.63, 3.8) is 0 Å². The fourth-order valence-corrected chi connectivity index (χ4v) is 2.10. The minimum Gasteiger partial charge on any atom is -0.496 e. The first-order chi connectivity index (χ1) is 8.52. The van der Waals surface area contributed by atoms with Crippen LogP contribution in [0.3, 0.4) is 0 Å². The number of fused-ring (bicyclic) bond motifs is 1. The third kappa shape index (κ3) is 1.61. The van der Waals surface area contributed by atoms with Crippen LogP contribution in [0.2, 0.25) is 0 Å². The lowest BCUT2D eigenvalue weighted by atomic mass is 9.88. The fraction of sp³-hybridized carbons (Fsp3) is 0.231. The van der Waals surface area contributed by atoms with E-state index in [9.17, 15) is 9.59 Å². The van der Waals surface area contributed by atoms with Crippen LogP contribution in [0.1, 0.15) is 27.6 Å². The molecule has 5 heteroatoms. The van der Waals surface area contributed by atoms with Gasteiger partial charge in [0.05, 0.1) is 30.4 Å². The lowest BCUT2D eigenvalue weighted by molar-refractivity contribution is 0.0975. The quantitative estimate of drug-likeness (QED) is 0.826. The average molecular weight is 267 g/mol. The second-order valence-electron chi connectivity index (χ2n) is 3.82. The standard InChI is InChI=1S/C13H11ClO4/c1-6-11(14)13(16)10-8(18-3)5-4-7(17-2)9(10)12(6)15/h4-5H,1-3H3. The number of rotatable bonds is 2. The SMILES string of the molecule is COc1ccc(OC)c2c1C(=O)C(C)=C(Cl)C2=O. The van der Waals surface area contributed by atoms with Crippen molar-refractivity contribution in [1.82, 2.24) is 0 Å². The van der Waals surface area contributed by atoms with Crippen LogP contribution >= 0.6 is 11.6 Å². The first-order valence-corrected chi connectivity index (χ1v) is 5.61. The molecule has 0 N–H and O–H groups in total. The van der Waals surface area contributed by atoms with Gasteiger partial charge >= 0.3 is 0 Å². The highest BCUT2D eigenvalue weighted by Gasteiger charge is 2.34. The van der Waals surface area contributed by atoms with E-state index >= 15 is 0 Å². The number of halogens is 1. The molecule has 1 aromatic rings. The Morgan fingerprint density at radius 2 is 1.39 bits per heavy atom. The summed E-state index contributed by atoms with van der Waals surface area (Å²) < 4.78 is 10.2. The minimum absolute atomic E-state index is 0.0703. The summed E-state index contributed by atoms with van der Waals surface area (Å²) in [6.45, 7) is 1.52. The summed E-state index contributed by atoms with van der Waals surface area (Å²) in [6, 6.07) is 3.17. The Bertz CT molecular complexity index is 536. The molecule has 0 aliphatic heterocycles. The van der Waals surface area contributed by atoms with Crippen molar-refractivity contribution in [2.75, 3.05) is 14.2 Å². The molecule has 0 bridgehead atoms. The Balaban J connectivity index is 2.83. The summed E-state index contributed by atoms with van der Waals surface area (Å²) in [6.07, 6.45) is 0. The Labute approximate surface area is 109 Å². The van der Waals surface area contributed by atoms with Crippen LogP contribution in [0.5, 0.6) is 11.5 Å². The molecule has 1 aliphatic carbocycles. The fourth-order valence-electron chi connectivity index (χ4n) is 1.92. The van der Waals surface area contributed by atoms with Crippen LogP contribution in [0, 0.1) is 0 Å². The zero-order valence-corrected chi connectivity index (χ0v) is 10.9. The zero-order valence-electron chi connectivity index (χ0n) is 10.2. The van der Waals surface area contributed by atoms with E-state index in [0.717, 1.165) is 0 Å². The van der Waals surface area contributed by atoms with Crippen molar-refractivity contribution in [2.24, 2.45) is 0 Å². The van der Waals surface area contributed by atoms with E-state index in [0.29, 0.717) is 11.5 Å². The van der Waals surface area contributed by atoms with Gasteiger partial charge < -0.3 is 9.47 Å². The van der Waals surface area contributed by atoms with Gasteiger partial charge in [0.2, 0.25) is 5.78 Å². The molecule has 0 atom stereocenters. The maximum atomic E-state index is 12.2. The minimum atomic E-state index is -0.417. The lowest BCUT2D eigenvalue weighted by Gasteiger charge is -2.20. The lowest BCUT2D eigenvalue weighted by Crippen LogP contribution is -2.20. The number of ketones is 2. The van der Waals surface area contributed by atoms with Gasteiger partial charge in [0.1, 0.15) is 11.5 Å². The van der Waals surface area contributed by atoms with Crippen molar-refractivity contribution in [3.05, 3.63) is 33.9 Å². The molecule has 0 radical (unpaired) electrons. The van der Waals surface area contributed by atoms with Crippen LogP contribution in [0.15, 0.2) is 22.7 Å². The molecule has 18 heavy (non-hydrogen) atoms. The highest BCUT2D eigenvalue weighted by molar-refractivity contribution is 6.50. The molecule has 0 heterocycles. The van der Waals surface area contributed by atoms with Gasteiger partial charge in [0, 0.05) is 5.57 Å². The number of ether oxygens (including phenoxy) is 2. The van der Waals surface area contributed by atoms with Gasteiger partial charge in [-0.15, -0.1) is 0 Å². The first kappa shape index (κ1) is 12.6. The summed E-state index contributed by atoms with van der Waals surface area (Å²) in [5.41, 5.74) is 0.599. The molecule has 0 spiro atoms. The van der Waals surface area contributed by atoms with E-state index in [1.165, 1.54) is 21.1 Å². The molecule has 0 aromatic heterocycles. The number of carbonyl (C=O) groups is 2. The molecule has 1 aliphatic rings. The van der Waals surface area contributed by atoms with Gasteiger partial charge in [-0.2, -0.15) is 0 Å². The highest BCUT2D eigenvalue weighted by atomic mass is 35.5. The molecule has 0 saturated carbocycles. The van der Waals surface area contributed by atoms with Crippen molar-refractivity contribution >= 4 is 23.2 Å². The summed E-state index contributed by atoms with van der Waals surface area (Å²) in [5.74, 6) is -0.0765. The molecular formula is C13H11ClO4. The molecule has 0 fully saturated rings. The number of allylic oxidation sites excluding steroid dienone is 2. The monoisotopic (exact) mass is 266 g/mol. The third-order valence-corrected chi connectivity index (χ3v) is 3.35. The summed E-state index contributed by atoms with van der Waals surface area (Å²) >= 11 is 5.88. The maximum absolute atomic E-state index is 12.2. The smallest absolute Gasteiger partial charge is 0.209 e. The van der Waals surface area contributed by atoms with Gasteiger partial charge in [-0.05, 0) is 19.1 Å². The molecule has 2 rings (SSSR count).